The van der Waals surface area contributed by atoms with Crippen LogP contribution in [0.15, 0.2) is 48.5 Å². The number of ether oxygens (including phenoxy) is 1. The number of benzene rings is 3. The number of nitrogen functional groups attached to an aromatic ring is 1. The number of carboxylic acid groups (broad SMARTS) is 1. The summed E-state index contributed by atoms with van der Waals surface area (Å²) < 4.78 is 19.2. The van der Waals surface area contributed by atoms with Crippen molar-refractivity contribution in [3.05, 3.63) is 65.5 Å². The number of nitrogens with two attached hydrogens (primary N) is 1. The minimum atomic E-state index is -1.26. The fourth-order valence-corrected chi connectivity index (χ4v) is 4.03. The Morgan fingerprint density at radius 2 is 1.84 bits per heavy atom. The number of aromatic amines is 1. The molecule has 11 heteroatoms. The van der Waals surface area contributed by atoms with Crippen LogP contribution in [0.1, 0.15) is 30.4 Å². The summed E-state index contributed by atoms with van der Waals surface area (Å²) >= 11 is 0. The fourth-order valence-electron chi connectivity index (χ4n) is 4.03. The zero-order valence-electron chi connectivity index (χ0n) is 19.6. The summed E-state index contributed by atoms with van der Waals surface area (Å²) in [5.41, 5.74) is 7.07. The number of fused-ring (bicyclic) bond motifs is 1. The van der Waals surface area contributed by atoms with E-state index in [9.17, 15) is 29.3 Å². The van der Waals surface area contributed by atoms with E-state index in [1.807, 2.05) is 0 Å². The maximum atomic E-state index is 14.1. The third-order valence-electron chi connectivity index (χ3n) is 5.78. The maximum absolute atomic E-state index is 14.1. The Balaban J connectivity index is 1.99. The van der Waals surface area contributed by atoms with E-state index in [-0.39, 0.29) is 46.3 Å². The number of nitrogens with zero attached hydrogens (tertiary/aromatic N) is 1. The lowest BCUT2D eigenvalue weighted by atomic mass is 9.89. The number of imidazole rings is 1. The summed E-state index contributed by atoms with van der Waals surface area (Å²) in [6.45, 7) is 1.59. The van der Waals surface area contributed by atoms with E-state index in [1.165, 1.54) is 12.1 Å². The van der Waals surface area contributed by atoms with Gasteiger partial charge in [0.2, 0.25) is 0 Å². The minimum absolute atomic E-state index is 0.0134. The lowest BCUT2D eigenvalue weighted by Crippen LogP contribution is -2.19. The molecule has 1 heterocycles. The predicted octanol–water partition coefficient (Wildman–Crippen LogP) is 3.85. The van der Waals surface area contributed by atoms with Gasteiger partial charge in [0.1, 0.15) is 29.0 Å². The number of H-pyrrole nitrogens is 1. The minimum Gasteiger partial charge on any atom is -0.507 e. The van der Waals surface area contributed by atoms with Gasteiger partial charge in [-0.1, -0.05) is 0 Å². The molecule has 0 radical (unpaired) electrons. The summed E-state index contributed by atoms with van der Waals surface area (Å²) in [6, 6.07) is 10.7. The van der Waals surface area contributed by atoms with Gasteiger partial charge in [-0.15, -0.1) is 0 Å². The molecule has 0 fully saturated rings. The van der Waals surface area contributed by atoms with E-state index in [2.05, 4.69) is 9.97 Å². The molecule has 0 aliphatic rings. The van der Waals surface area contributed by atoms with Crippen LogP contribution in [0.25, 0.3) is 33.5 Å². The van der Waals surface area contributed by atoms with Gasteiger partial charge in [-0.2, -0.15) is 0 Å². The highest BCUT2D eigenvalue weighted by Crippen LogP contribution is 2.44. The second-order valence-corrected chi connectivity index (χ2v) is 8.26. The van der Waals surface area contributed by atoms with Gasteiger partial charge < -0.3 is 30.8 Å². The maximum Gasteiger partial charge on any atom is 0.313 e. The fraction of sp³-hybridized carbons (Fsp3) is 0.154. The zero-order chi connectivity index (χ0) is 26.9. The Labute approximate surface area is 209 Å². The molecule has 0 spiro atoms. The van der Waals surface area contributed by atoms with Crippen LogP contribution < -0.4 is 5.73 Å². The topological polar surface area (TPSA) is 183 Å². The van der Waals surface area contributed by atoms with Crippen LogP contribution in [-0.4, -0.2) is 49.7 Å². The van der Waals surface area contributed by atoms with Crippen LogP contribution in [0.3, 0.4) is 0 Å². The van der Waals surface area contributed by atoms with E-state index in [4.69, 9.17) is 15.9 Å². The monoisotopic (exact) mass is 506 g/mol. The van der Waals surface area contributed by atoms with Gasteiger partial charge in [-0.05, 0) is 61.0 Å². The number of aromatic hydroxyl groups is 2. The van der Waals surface area contributed by atoms with Crippen LogP contribution in [-0.2, 0) is 14.3 Å². The zero-order valence-corrected chi connectivity index (χ0v) is 19.6. The number of rotatable bonds is 8. The van der Waals surface area contributed by atoms with Gasteiger partial charge in [-0.25, -0.2) is 9.37 Å². The molecule has 190 valence electrons. The average Bonchev–Trinajstić information content (AvgIpc) is 3.27. The van der Waals surface area contributed by atoms with Crippen molar-refractivity contribution in [1.82, 2.24) is 9.97 Å². The van der Waals surface area contributed by atoms with Gasteiger partial charge >= 0.3 is 11.9 Å². The SMILES string of the molecule is CCOC(=O)C(CC(=O)O)c1cc(-c2nc3ccc(C(=N)N)cc3[nH]2)c(O)c(-c2cc(F)ccc2O)c1. The molecule has 3 aromatic carbocycles. The first-order valence-corrected chi connectivity index (χ1v) is 11.2. The summed E-state index contributed by atoms with van der Waals surface area (Å²) in [5, 5.41) is 38.7. The van der Waals surface area contributed by atoms with Crippen LogP contribution >= 0.6 is 0 Å². The molecule has 4 aromatic rings. The lowest BCUT2D eigenvalue weighted by molar-refractivity contribution is -0.149. The Morgan fingerprint density at radius 1 is 1.11 bits per heavy atom. The van der Waals surface area contributed by atoms with Crippen LogP contribution in [0.5, 0.6) is 11.5 Å². The largest absolute Gasteiger partial charge is 0.507 e. The Kier molecular flexibility index (Phi) is 6.79. The number of phenolic OH excluding ortho intramolecular Hbond substituents is 2. The molecule has 0 bridgehead atoms. The number of halogens is 1. The summed E-state index contributed by atoms with van der Waals surface area (Å²) in [4.78, 5) is 31.8. The third kappa shape index (κ3) is 5.06. The molecule has 0 amide bonds. The first-order chi connectivity index (χ1) is 17.6. The highest BCUT2D eigenvalue weighted by atomic mass is 19.1. The quantitative estimate of drug-likeness (QED) is 0.118. The first-order valence-electron chi connectivity index (χ1n) is 11.2. The molecular formula is C26H23FN4O6. The van der Waals surface area contributed by atoms with Gasteiger partial charge in [-0.3, -0.25) is 15.0 Å². The number of aliphatic carboxylic acids is 1. The summed E-state index contributed by atoms with van der Waals surface area (Å²) in [7, 11) is 0. The molecule has 1 unspecified atom stereocenters. The molecule has 1 aromatic heterocycles. The van der Waals surface area contributed by atoms with Crippen molar-refractivity contribution in [3.8, 4) is 34.0 Å². The van der Waals surface area contributed by atoms with Crippen molar-refractivity contribution in [2.24, 2.45) is 5.73 Å². The number of aromatic nitrogens is 2. The molecule has 0 aliphatic heterocycles. The summed E-state index contributed by atoms with van der Waals surface area (Å²) in [6.07, 6.45) is -0.611. The summed E-state index contributed by atoms with van der Waals surface area (Å²) in [5.74, 6) is -4.76. The van der Waals surface area contributed by atoms with Crippen molar-refractivity contribution < 1.29 is 34.0 Å². The van der Waals surface area contributed by atoms with Crippen molar-refractivity contribution in [2.45, 2.75) is 19.3 Å². The van der Waals surface area contributed by atoms with Gasteiger partial charge in [0, 0.05) is 16.7 Å². The third-order valence-corrected chi connectivity index (χ3v) is 5.78. The molecule has 4 rings (SSSR count). The highest BCUT2D eigenvalue weighted by molar-refractivity contribution is 5.98. The number of nitrogens with one attached hydrogen (secondary N) is 2. The van der Waals surface area contributed by atoms with Gasteiger partial charge in [0.25, 0.3) is 0 Å². The Morgan fingerprint density at radius 3 is 2.51 bits per heavy atom. The van der Waals surface area contributed by atoms with E-state index in [0.717, 1.165) is 18.2 Å². The number of amidine groups is 1. The molecule has 7 N–H and O–H groups in total. The standard InChI is InChI=1S/C26H23FN4O6/c1-2-37-26(36)15(11-22(33)34)13-7-17(16-10-14(27)4-6-21(16)32)23(35)18(8-13)25-30-19-5-3-12(24(28)29)9-20(19)31-25/h3-10,15,32,35H,2,11H2,1H3,(H3,28,29)(H,30,31)(H,33,34). The molecule has 1 atom stereocenters. The Bertz CT molecular complexity index is 1550. The second kappa shape index (κ2) is 9.97. The normalized spacial score (nSPS) is 11.8. The van der Waals surface area contributed by atoms with E-state index in [0.29, 0.717) is 16.6 Å². The van der Waals surface area contributed by atoms with Crippen molar-refractivity contribution >= 4 is 28.8 Å². The van der Waals surface area contributed by atoms with Crippen molar-refractivity contribution in [1.29, 1.82) is 5.41 Å². The van der Waals surface area contributed by atoms with E-state index >= 15 is 0 Å². The number of carboxylic acids is 1. The number of carbonyl (C=O) groups excluding carboxylic acids is 1. The average molecular weight is 506 g/mol. The molecule has 0 saturated heterocycles. The van der Waals surface area contributed by atoms with E-state index in [1.54, 1.807) is 25.1 Å². The molecule has 10 nitrogen and oxygen atoms in total. The van der Waals surface area contributed by atoms with E-state index < -0.39 is 35.8 Å². The Hall–Kier alpha value is -4.93. The number of hydrogen-bond donors (Lipinski definition) is 6. The molecule has 37 heavy (non-hydrogen) atoms. The number of esters is 1. The second-order valence-electron chi connectivity index (χ2n) is 8.26. The van der Waals surface area contributed by atoms with Crippen LogP contribution in [0.2, 0.25) is 0 Å². The van der Waals surface area contributed by atoms with Crippen molar-refractivity contribution in [3.63, 3.8) is 0 Å². The molecular weight excluding hydrogens is 483 g/mol. The number of hydrogen-bond acceptors (Lipinski definition) is 7. The van der Waals surface area contributed by atoms with Crippen LogP contribution in [0, 0.1) is 11.2 Å². The smallest absolute Gasteiger partial charge is 0.313 e. The highest BCUT2D eigenvalue weighted by Gasteiger charge is 2.29. The lowest BCUT2D eigenvalue weighted by Gasteiger charge is -2.18. The molecule has 0 aliphatic carbocycles. The first kappa shape index (κ1) is 25.2. The van der Waals surface area contributed by atoms with Crippen LogP contribution in [0.4, 0.5) is 4.39 Å². The predicted molar refractivity (Wildman–Crippen MR) is 133 cm³/mol. The molecule has 0 saturated carbocycles. The van der Waals surface area contributed by atoms with Gasteiger partial charge in [0.15, 0.2) is 0 Å². The van der Waals surface area contributed by atoms with Crippen molar-refractivity contribution in [2.75, 3.05) is 6.61 Å². The van der Waals surface area contributed by atoms with Gasteiger partial charge in [0.05, 0.1) is 35.5 Å². The number of phenols is 2. The number of carbonyl (C=O) groups is 2.